The molecule has 4 rings (SSSR count). The number of thiophene rings is 1. The van der Waals surface area contributed by atoms with Crippen LogP contribution in [-0.2, 0) is 12.8 Å². The minimum absolute atomic E-state index is 0.101. The van der Waals surface area contributed by atoms with Crippen molar-refractivity contribution in [1.82, 2.24) is 0 Å². The second-order valence-electron chi connectivity index (χ2n) is 10.5. The van der Waals surface area contributed by atoms with Gasteiger partial charge in [-0.15, -0.1) is 11.3 Å². The van der Waals surface area contributed by atoms with Crippen LogP contribution < -0.4 is 5.32 Å². The largest absolute Gasteiger partial charge is 0.322 e. The van der Waals surface area contributed by atoms with Gasteiger partial charge in [0.1, 0.15) is 5.00 Å². The van der Waals surface area contributed by atoms with E-state index in [0.29, 0.717) is 16.9 Å². The minimum atomic E-state index is -0.101. The van der Waals surface area contributed by atoms with Crippen LogP contribution >= 0.6 is 22.9 Å². The zero-order valence-electron chi connectivity index (χ0n) is 20.6. The van der Waals surface area contributed by atoms with Crippen LogP contribution in [0.15, 0.2) is 53.5 Å². The van der Waals surface area contributed by atoms with Crippen molar-refractivity contribution in [1.29, 1.82) is 0 Å². The first-order valence-electron chi connectivity index (χ1n) is 12.0. The van der Waals surface area contributed by atoms with E-state index in [0.717, 1.165) is 41.1 Å². The Bertz CT molecular complexity index is 1180. The van der Waals surface area contributed by atoms with Gasteiger partial charge in [-0.2, -0.15) is 0 Å². The standard InChI is InChI=1S/C29H33ClN2OS/c1-18(2)20-8-6-19(7-9-20)17-31-28-26(27(33)32-23-13-11-22(30)12-14-23)24-15-10-21(29(3,4)5)16-25(24)34-28/h6-9,11-14,17-18,21H,10,15-16H2,1-5H3,(H,32,33)/t21-/m0/s1. The Morgan fingerprint density at radius 1 is 1.12 bits per heavy atom. The smallest absolute Gasteiger partial charge is 0.259 e. The van der Waals surface area contributed by atoms with Gasteiger partial charge >= 0.3 is 0 Å². The fourth-order valence-electron chi connectivity index (χ4n) is 4.46. The number of hydrogen-bond donors (Lipinski definition) is 1. The first-order chi connectivity index (χ1) is 16.1. The van der Waals surface area contributed by atoms with Crippen LogP contribution in [0, 0.1) is 11.3 Å². The van der Waals surface area contributed by atoms with Gasteiger partial charge in [0.25, 0.3) is 5.91 Å². The molecule has 1 aromatic heterocycles. The van der Waals surface area contributed by atoms with Crippen LogP contribution in [-0.4, -0.2) is 12.1 Å². The van der Waals surface area contributed by atoms with Crippen molar-refractivity contribution in [2.45, 2.75) is 59.8 Å². The van der Waals surface area contributed by atoms with Gasteiger partial charge in [-0.05, 0) is 77.5 Å². The van der Waals surface area contributed by atoms with E-state index in [2.05, 4.69) is 64.2 Å². The highest BCUT2D eigenvalue weighted by molar-refractivity contribution is 7.16. The summed E-state index contributed by atoms with van der Waals surface area (Å²) >= 11 is 7.69. The second kappa shape index (κ2) is 10.1. The van der Waals surface area contributed by atoms with Gasteiger partial charge in [0.2, 0.25) is 0 Å². The molecule has 1 amide bonds. The Morgan fingerprint density at radius 2 is 1.79 bits per heavy atom. The molecule has 3 nitrogen and oxygen atoms in total. The Morgan fingerprint density at radius 3 is 2.41 bits per heavy atom. The number of amides is 1. The molecule has 1 N–H and O–H groups in total. The highest BCUT2D eigenvalue weighted by atomic mass is 35.5. The number of rotatable bonds is 5. The van der Waals surface area contributed by atoms with Gasteiger partial charge in [-0.25, -0.2) is 4.99 Å². The number of anilines is 1. The summed E-state index contributed by atoms with van der Waals surface area (Å²) in [5, 5.41) is 4.49. The topological polar surface area (TPSA) is 41.5 Å². The van der Waals surface area contributed by atoms with Crippen LogP contribution in [0.4, 0.5) is 10.7 Å². The number of aliphatic imine (C=N–C) groups is 1. The molecule has 0 aliphatic heterocycles. The third-order valence-electron chi connectivity index (χ3n) is 6.73. The Kier molecular flexibility index (Phi) is 7.30. The van der Waals surface area contributed by atoms with E-state index in [1.807, 2.05) is 18.3 Å². The van der Waals surface area contributed by atoms with Crippen LogP contribution in [0.1, 0.15) is 78.9 Å². The fourth-order valence-corrected chi connectivity index (χ4v) is 5.86. The molecule has 0 saturated carbocycles. The molecule has 34 heavy (non-hydrogen) atoms. The summed E-state index contributed by atoms with van der Waals surface area (Å²) in [5.74, 6) is 0.997. The zero-order chi connectivity index (χ0) is 24.5. The molecular formula is C29H33ClN2OS. The fraction of sp³-hybridized carbons (Fsp3) is 0.379. The molecule has 0 saturated heterocycles. The van der Waals surface area contributed by atoms with E-state index in [1.54, 1.807) is 23.5 Å². The average molecular weight is 493 g/mol. The third-order valence-corrected chi connectivity index (χ3v) is 8.15. The van der Waals surface area contributed by atoms with Crippen molar-refractivity contribution in [3.8, 4) is 0 Å². The van der Waals surface area contributed by atoms with Gasteiger partial charge < -0.3 is 5.32 Å². The normalized spacial score (nSPS) is 16.1. The molecule has 1 atom stereocenters. The first kappa shape index (κ1) is 24.7. The van der Waals surface area contributed by atoms with E-state index in [1.165, 1.54) is 16.0 Å². The molecule has 0 unspecified atom stereocenters. The summed E-state index contributed by atoms with van der Waals surface area (Å²) in [6.07, 6.45) is 4.88. The number of carbonyl (C=O) groups excluding carboxylic acids is 1. The van der Waals surface area contributed by atoms with E-state index in [4.69, 9.17) is 16.6 Å². The molecule has 5 heteroatoms. The molecule has 0 radical (unpaired) electrons. The van der Waals surface area contributed by atoms with Gasteiger partial charge in [0.05, 0.1) is 5.56 Å². The Hall–Kier alpha value is -2.43. The number of nitrogens with one attached hydrogen (secondary N) is 1. The number of hydrogen-bond acceptors (Lipinski definition) is 3. The molecule has 1 heterocycles. The molecule has 0 spiro atoms. The maximum Gasteiger partial charge on any atom is 0.259 e. The molecule has 1 aliphatic carbocycles. The molecule has 178 valence electrons. The highest BCUT2D eigenvalue weighted by Crippen LogP contribution is 2.45. The number of benzene rings is 2. The van der Waals surface area contributed by atoms with Crippen LogP contribution in [0.5, 0.6) is 0 Å². The van der Waals surface area contributed by atoms with Crippen molar-refractivity contribution in [3.05, 3.63) is 80.7 Å². The Labute approximate surface area is 212 Å². The van der Waals surface area contributed by atoms with E-state index in [9.17, 15) is 4.79 Å². The zero-order valence-corrected chi connectivity index (χ0v) is 22.2. The van der Waals surface area contributed by atoms with Crippen molar-refractivity contribution in [2.24, 2.45) is 16.3 Å². The molecule has 2 aromatic carbocycles. The lowest BCUT2D eigenvalue weighted by Gasteiger charge is -2.33. The quantitative estimate of drug-likeness (QED) is 0.355. The van der Waals surface area contributed by atoms with Gasteiger partial charge in [-0.3, -0.25) is 4.79 Å². The number of fused-ring (bicyclic) bond motifs is 1. The summed E-state index contributed by atoms with van der Waals surface area (Å²) in [6.45, 7) is 11.3. The summed E-state index contributed by atoms with van der Waals surface area (Å²) in [6, 6.07) is 15.7. The van der Waals surface area contributed by atoms with Crippen molar-refractivity contribution < 1.29 is 4.79 Å². The molecule has 0 bridgehead atoms. The summed E-state index contributed by atoms with van der Waals surface area (Å²) in [7, 11) is 0. The number of carbonyl (C=O) groups is 1. The van der Waals surface area contributed by atoms with Gasteiger partial charge in [0.15, 0.2) is 0 Å². The maximum absolute atomic E-state index is 13.5. The van der Waals surface area contributed by atoms with Crippen LogP contribution in [0.2, 0.25) is 5.02 Å². The van der Waals surface area contributed by atoms with E-state index < -0.39 is 0 Å². The minimum Gasteiger partial charge on any atom is -0.322 e. The molecule has 0 fully saturated rings. The van der Waals surface area contributed by atoms with Crippen molar-refractivity contribution in [3.63, 3.8) is 0 Å². The van der Waals surface area contributed by atoms with Gasteiger partial charge in [0, 0.05) is 21.8 Å². The molecular weight excluding hydrogens is 460 g/mol. The van der Waals surface area contributed by atoms with Crippen molar-refractivity contribution >= 4 is 45.7 Å². The summed E-state index contributed by atoms with van der Waals surface area (Å²) in [4.78, 5) is 19.6. The Balaban J connectivity index is 1.67. The molecule has 3 aromatic rings. The number of nitrogens with zero attached hydrogens (tertiary/aromatic N) is 1. The maximum atomic E-state index is 13.5. The number of halogens is 1. The van der Waals surface area contributed by atoms with Crippen molar-refractivity contribution in [2.75, 3.05) is 5.32 Å². The first-order valence-corrected chi connectivity index (χ1v) is 13.2. The predicted octanol–water partition coefficient (Wildman–Crippen LogP) is 8.68. The monoisotopic (exact) mass is 492 g/mol. The van der Waals surface area contributed by atoms with Crippen LogP contribution in [0.3, 0.4) is 0 Å². The summed E-state index contributed by atoms with van der Waals surface area (Å²) < 4.78 is 0. The predicted molar refractivity (Wildman–Crippen MR) is 146 cm³/mol. The third kappa shape index (κ3) is 5.61. The second-order valence-corrected chi connectivity index (χ2v) is 12.1. The lowest BCUT2D eigenvalue weighted by Crippen LogP contribution is -2.27. The van der Waals surface area contributed by atoms with Gasteiger partial charge in [-0.1, -0.05) is 70.5 Å². The van der Waals surface area contributed by atoms with E-state index >= 15 is 0 Å². The molecule has 1 aliphatic rings. The summed E-state index contributed by atoms with van der Waals surface area (Å²) in [5.41, 5.74) is 5.20. The van der Waals surface area contributed by atoms with Crippen LogP contribution in [0.25, 0.3) is 0 Å². The van der Waals surface area contributed by atoms with E-state index in [-0.39, 0.29) is 11.3 Å². The lowest BCUT2D eigenvalue weighted by atomic mass is 9.72. The SMILES string of the molecule is CC(C)c1ccc(C=Nc2sc3c(c2C(=O)Nc2ccc(Cl)cc2)CC[C@H](C(C)(C)C)C3)cc1. The highest BCUT2D eigenvalue weighted by Gasteiger charge is 2.33. The average Bonchev–Trinajstić information content (AvgIpc) is 3.16. The lowest BCUT2D eigenvalue weighted by molar-refractivity contribution is 0.102.